The quantitative estimate of drug-likeness (QED) is 0.723. The highest BCUT2D eigenvalue weighted by Crippen LogP contribution is 2.19. The lowest BCUT2D eigenvalue weighted by Gasteiger charge is -2.05. The maximum Gasteiger partial charge on any atom is 0.0471 e. The van der Waals surface area contributed by atoms with Gasteiger partial charge in [-0.2, -0.15) is 0 Å². The van der Waals surface area contributed by atoms with Crippen LogP contribution in [0.4, 0.5) is 0 Å². The first-order valence-corrected chi connectivity index (χ1v) is 5.24. The summed E-state index contributed by atoms with van der Waals surface area (Å²) >= 11 is 1.74. The number of hydrogen-bond acceptors (Lipinski definition) is 2. The smallest absolute Gasteiger partial charge is 0.0471 e. The highest BCUT2D eigenvalue weighted by atomic mass is 32.2. The Balaban J connectivity index is 2.91. The molecule has 1 aromatic rings. The van der Waals surface area contributed by atoms with Gasteiger partial charge in [0.05, 0.1) is 0 Å². The van der Waals surface area contributed by atoms with Gasteiger partial charge in [0.25, 0.3) is 0 Å². The van der Waals surface area contributed by atoms with Crippen molar-refractivity contribution in [3.63, 3.8) is 0 Å². The Labute approximate surface area is 77.8 Å². The molecular formula is C10H14OS. The van der Waals surface area contributed by atoms with E-state index in [-0.39, 0.29) is 6.61 Å². The molecule has 0 aliphatic rings. The summed E-state index contributed by atoms with van der Waals surface area (Å²) < 4.78 is 0. The second kappa shape index (κ2) is 4.53. The number of aliphatic hydroxyl groups excluding tert-OH is 1. The van der Waals surface area contributed by atoms with E-state index in [1.54, 1.807) is 11.8 Å². The molecule has 0 heterocycles. The van der Waals surface area contributed by atoms with Gasteiger partial charge in [-0.1, -0.05) is 6.07 Å². The minimum Gasteiger partial charge on any atom is -0.396 e. The number of hydrogen-bond donors (Lipinski definition) is 1. The lowest BCUT2D eigenvalue weighted by Crippen LogP contribution is -1.93. The number of rotatable bonds is 3. The first kappa shape index (κ1) is 9.62. The van der Waals surface area contributed by atoms with E-state index >= 15 is 0 Å². The highest BCUT2D eigenvalue weighted by Gasteiger charge is 1.98. The first-order valence-electron chi connectivity index (χ1n) is 4.02. The molecule has 0 saturated carbocycles. The van der Waals surface area contributed by atoms with Crippen molar-refractivity contribution in [1.82, 2.24) is 0 Å². The first-order chi connectivity index (χ1) is 5.77. The van der Waals surface area contributed by atoms with E-state index in [9.17, 15) is 0 Å². The highest BCUT2D eigenvalue weighted by molar-refractivity contribution is 7.98. The predicted molar refractivity (Wildman–Crippen MR) is 53.7 cm³/mol. The molecule has 1 rings (SSSR count). The minimum atomic E-state index is 0.235. The maximum absolute atomic E-state index is 8.80. The Morgan fingerprint density at radius 2 is 2.17 bits per heavy atom. The van der Waals surface area contributed by atoms with Crippen LogP contribution in [0.1, 0.15) is 11.1 Å². The van der Waals surface area contributed by atoms with Crippen LogP contribution < -0.4 is 0 Å². The van der Waals surface area contributed by atoms with E-state index < -0.39 is 0 Å². The maximum atomic E-state index is 8.80. The molecular weight excluding hydrogens is 168 g/mol. The molecule has 0 radical (unpaired) electrons. The predicted octanol–water partition coefficient (Wildman–Crippen LogP) is 2.25. The summed E-state index contributed by atoms with van der Waals surface area (Å²) in [4.78, 5) is 1.27. The third-order valence-electron chi connectivity index (χ3n) is 1.94. The summed E-state index contributed by atoms with van der Waals surface area (Å²) in [5.41, 5.74) is 2.52. The van der Waals surface area contributed by atoms with Crippen LogP contribution in [0, 0.1) is 6.92 Å². The third kappa shape index (κ3) is 2.26. The fourth-order valence-electron chi connectivity index (χ4n) is 1.16. The summed E-state index contributed by atoms with van der Waals surface area (Å²) in [6, 6.07) is 6.37. The molecule has 0 atom stereocenters. The van der Waals surface area contributed by atoms with Gasteiger partial charge in [0.2, 0.25) is 0 Å². The molecule has 0 unspecified atom stereocenters. The van der Waals surface area contributed by atoms with Gasteiger partial charge < -0.3 is 5.11 Å². The summed E-state index contributed by atoms with van der Waals surface area (Å²) in [5, 5.41) is 8.80. The standard InChI is InChI=1S/C10H14OS/c1-8-3-4-10(12-2)7-9(8)5-6-11/h3-4,7,11H,5-6H2,1-2H3. The van der Waals surface area contributed by atoms with Gasteiger partial charge in [-0.15, -0.1) is 11.8 Å². The number of thioether (sulfide) groups is 1. The van der Waals surface area contributed by atoms with Crippen LogP contribution in [0.25, 0.3) is 0 Å². The largest absolute Gasteiger partial charge is 0.396 e. The molecule has 12 heavy (non-hydrogen) atoms. The monoisotopic (exact) mass is 182 g/mol. The Morgan fingerprint density at radius 3 is 2.75 bits per heavy atom. The summed E-state index contributed by atoms with van der Waals surface area (Å²) in [6.45, 7) is 2.31. The summed E-state index contributed by atoms with van der Waals surface area (Å²) in [5.74, 6) is 0. The van der Waals surface area contributed by atoms with Gasteiger partial charge in [-0.05, 0) is 42.9 Å². The SMILES string of the molecule is CSc1ccc(C)c(CCO)c1. The van der Waals surface area contributed by atoms with Crippen LogP contribution in [-0.2, 0) is 6.42 Å². The van der Waals surface area contributed by atoms with Crippen LogP contribution >= 0.6 is 11.8 Å². The number of aliphatic hydroxyl groups is 1. The van der Waals surface area contributed by atoms with Crippen LogP contribution in [0.2, 0.25) is 0 Å². The van der Waals surface area contributed by atoms with Crippen LogP contribution in [0.3, 0.4) is 0 Å². The molecule has 1 nitrogen and oxygen atoms in total. The fourth-order valence-corrected chi connectivity index (χ4v) is 1.63. The third-order valence-corrected chi connectivity index (χ3v) is 2.66. The van der Waals surface area contributed by atoms with E-state index in [2.05, 4.69) is 31.4 Å². The minimum absolute atomic E-state index is 0.235. The topological polar surface area (TPSA) is 20.2 Å². The zero-order valence-corrected chi connectivity index (χ0v) is 8.32. The Hall–Kier alpha value is -0.470. The Kier molecular flexibility index (Phi) is 3.63. The molecule has 1 N–H and O–H groups in total. The van der Waals surface area contributed by atoms with Crippen molar-refractivity contribution < 1.29 is 5.11 Å². The normalized spacial score (nSPS) is 10.2. The molecule has 0 saturated heterocycles. The molecule has 0 aromatic heterocycles. The van der Waals surface area contributed by atoms with Crippen molar-refractivity contribution in [1.29, 1.82) is 0 Å². The lowest BCUT2D eigenvalue weighted by molar-refractivity contribution is 0.299. The zero-order chi connectivity index (χ0) is 8.97. The average molecular weight is 182 g/mol. The second-order valence-corrected chi connectivity index (χ2v) is 3.65. The van der Waals surface area contributed by atoms with Crippen molar-refractivity contribution in [3.05, 3.63) is 29.3 Å². The van der Waals surface area contributed by atoms with Gasteiger partial charge in [0.1, 0.15) is 0 Å². The van der Waals surface area contributed by atoms with E-state index in [0.717, 1.165) is 6.42 Å². The van der Waals surface area contributed by atoms with E-state index in [4.69, 9.17) is 5.11 Å². The second-order valence-electron chi connectivity index (χ2n) is 2.77. The summed E-state index contributed by atoms with van der Waals surface area (Å²) in [7, 11) is 0. The molecule has 0 fully saturated rings. The van der Waals surface area contributed by atoms with Crippen molar-refractivity contribution in [3.8, 4) is 0 Å². The van der Waals surface area contributed by atoms with Gasteiger partial charge in [0, 0.05) is 11.5 Å². The molecule has 66 valence electrons. The number of aryl methyl sites for hydroxylation is 1. The average Bonchev–Trinajstić information content (AvgIpc) is 2.09. The van der Waals surface area contributed by atoms with E-state index in [0.29, 0.717) is 0 Å². The van der Waals surface area contributed by atoms with Gasteiger partial charge >= 0.3 is 0 Å². The summed E-state index contributed by atoms with van der Waals surface area (Å²) in [6.07, 6.45) is 2.83. The van der Waals surface area contributed by atoms with Crippen molar-refractivity contribution in [2.24, 2.45) is 0 Å². The fraction of sp³-hybridized carbons (Fsp3) is 0.400. The van der Waals surface area contributed by atoms with E-state index in [1.165, 1.54) is 16.0 Å². The van der Waals surface area contributed by atoms with Crippen molar-refractivity contribution >= 4 is 11.8 Å². The van der Waals surface area contributed by atoms with Crippen molar-refractivity contribution in [2.45, 2.75) is 18.2 Å². The molecule has 1 aromatic carbocycles. The number of benzene rings is 1. The van der Waals surface area contributed by atoms with Crippen LogP contribution in [0.5, 0.6) is 0 Å². The Bertz CT molecular complexity index is 258. The molecule has 2 heteroatoms. The van der Waals surface area contributed by atoms with Gasteiger partial charge in [-0.25, -0.2) is 0 Å². The molecule has 0 spiro atoms. The molecule has 0 amide bonds. The van der Waals surface area contributed by atoms with Crippen molar-refractivity contribution in [2.75, 3.05) is 12.9 Å². The van der Waals surface area contributed by atoms with Gasteiger partial charge in [0.15, 0.2) is 0 Å². The molecule has 0 bridgehead atoms. The van der Waals surface area contributed by atoms with Crippen LogP contribution in [-0.4, -0.2) is 18.0 Å². The zero-order valence-electron chi connectivity index (χ0n) is 7.50. The molecule has 0 aliphatic heterocycles. The lowest BCUT2D eigenvalue weighted by atomic mass is 10.1. The Morgan fingerprint density at radius 1 is 1.42 bits per heavy atom. The van der Waals surface area contributed by atoms with Crippen LogP contribution in [0.15, 0.2) is 23.1 Å². The molecule has 0 aliphatic carbocycles. The van der Waals surface area contributed by atoms with Gasteiger partial charge in [-0.3, -0.25) is 0 Å². The van der Waals surface area contributed by atoms with E-state index in [1.807, 2.05) is 0 Å².